The van der Waals surface area contributed by atoms with Gasteiger partial charge in [-0.1, -0.05) is 13.8 Å². The summed E-state index contributed by atoms with van der Waals surface area (Å²) in [6.07, 6.45) is 0. The molecule has 0 spiro atoms. The predicted octanol–water partition coefficient (Wildman–Crippen LogP) is 2.87. The molecule has 0 saturated carbocycles. The number of rotatable bonds is 2. The summed E-state index contributed by atoms with van der Waals surface area (Å²) in [6, 6.07) is 3.60. The Morgan fingerprint density at radius 1 is 1.19 bits per heavy atom. The van der Waals surface area contributed by atoms with E-state index in [0.29, 0.717) is 11.4 Å². The van der Waals surface area contributed by atoms with Crippen molar-refractivity contribution < 1.29 is 8.78 Å². The topological polar surface area (TPSA) is 41.6 Å². The van der Waals surface area contributed by atoms with Crippen molar-refractivity contribution >= 4 is 0 Å². The first-order valence-corrected chi connectivity index (χ1v) is 4.95. The second-order valence-corrected chi connectivity index (χ2v) is 3.83. The third kappa shape index (κ3) is 1.93. The third-order valence-corrected chi connectivity index (χ3v) is 2.23. The van der Waals surface area contributed by atoms with Crippen LogP contribution in [0.5, 0.6) is 0 Å². The van der Waals surface area contributed by atoms with E-state index in [-0.39, 0.29) is 5.92 Å². The average molecular weight is 223 g/mol. The molecule has 0 unspecified atom stereocenters. The molecule has 16 heavy (non-hydrogen) atoms. The second kappa shape index (κ2) is 4.00. The van der Waals surface area contributed by atoms with E-state index >= 15 is 0 Å². The standard InChI is InChI=1S/C11H11F2N3/c1-6(2)10-14-11(16-15-10)7-3-4-8(12)9(13)5-7/h3-6H,1-2H3,(H,14,15,16). The zero-order chi connectivity index (χ0) is 11.7. The SMILES string of the molecule is CC(C)c1nc(-c2ccc(F)c(F)c2)n[nH]1. The summed E-state index contributed by atoms with van der Waals surface area (Å²) in [6.45, 7) is 3.94. The maximum Gasteiger partial charge on any atom is 0.181 e. The Hall–Kier alpha value is -1.78. The van der Waals surface area contributed by atoms with Crippen molar-refractivity contribution in [3.8, 4) is 11.4 Å². The van der Waals surface area contributed by atoms with Crippen LogP contribution in [0.25, 0.3) is 11.4 Å². The van der Waals surface area contributed by atoms with Crippen molar-refractivity contribution in [3.63, 3.8) is 0 Å². The first-order valence-electron chi connectivity index (χ1n) is 4.95. The van der Waals surface area contributed by atoms with Gasteiger partial charge in [-0.05, 0) is 18.2 Å². The van der Waals surface area contributed by atoms with E-state index in [0.717, 1.165) is 18.0 Å². The van der Waals surface area contributed by atoms with Gasteiger partial charge in [0.2, 0.25) is 0 Å². The smallest absolute Gasteiger partial charge is 0.181 e. The molecule has 0 amide bonds. The molecule has 0 atom stereocenters. The number of H-pyrrole nitrogens is 1. The zero-order valence-corrected chi connectivity index (χ0v) is 8.96. The summed E-state index contributed by atoms with van der Waals surface area (Å²) >= 11 is 0. The first-order chi connectivity index (χ1) is 7.58. The average Bonchev–Trinajstić information content (AvgIpc) is 2.71. The molecule has 1 aromatic carbocycles. The van der Waals surface area contributed by atoms with Gasteiger partial charge in [-0.25, -0.2) is 13.8 Å². The van der Waals surface area contributed by atoms with Gasteiger partial charge in [-0.2, -0.15) is 5.10 Å². The molecule has 2 rings (SSSR count). The fourth-order valence-corrected chi connectivity index (χ4v) is 1.30. The molecule has 5 heteroatoms. The van der Waals surface area contributed by atoms with Crippen molar-refractivity contribution in [2.24, 2.45) is 0 Å². The number of nitrogens with one attached hydrogen (secondary N) is 1. The Balaban J connectivity index is 2.39. The Kier molecular flexibility index (Phi) is 2.68. The Bertz CT molecular complexity index is 506. The van der Waals surface area contributed by atoms with Crippen LogP contribution in [-0.2, 0) is 0 Å². The van der Waals surface area contributed by atoms with Gasteiger partial charge < -0.3 is 0 Å². The molecule has 0 aliphatic carbocycles. The molecular weight excluding hydrogens is 212 g/mol. The fourth-order valence-electron chi connectivity index (χ4n) is 1.30. The summed E-state index contributed by atoms with van der Waals surface area (Å²) in [5.74, 6) is -0.453. The minimum absolute atomic E-state index is 0.214. The highest BCUT2D eigenvalue weighted by molar-refractivity contribution is 5.54. The van der Waals surface area contributed by atoms with Crippen LogP contribution in [-0.4, -0.2) is 15.2 Å². The van der Waals surface area contributed by atoms with Crippen LogP contribution in [0, 0.1) is 11.6 Å². The van der Waals surface area contributed by atoms with Gasteiger partial charge in [0.05, 0.1) is 0 Å². The lowest BCUT2D eigenvalue weighted by Crippen LogP contribution is -1.90. The van der Waals surface area contributed by atoms with Crippen LogP contribution in [0.4, 0.5) is 8.78 Å². The van der Waals surface area contributed by atoms with Crippen molar-refractivity contribution in [2.75, 3.05) is 0 Å². The molecule has 0 bridgehead atoms. The van der Waals surface area contributed by atoms with Crippen LogP contribution in [0.2, 0.25) is 0 Å². The lowest BCUT2D eigenvalue weighted by Gasteiger charge is -1.97. The first kappa shape index (κ1) is 10.7. The quantitative estimate of drug-likeness (QED) is 0.850. The highest BCUT2D eigenvalue weighted by Gasteiger charge is 2.10. The number of nitrogens with zero attached hydrogens (tertiary/aromatic N) is 2. The summed E-state index contributed by atoms with van der Waals surface area (Å²) in [5, 5.41) is 6.71. The molecule has 3 nitrogen and oxygen atoms in total. The number of hydrogen-bond acceptors (Lipinski definition) is 2. The maximum absolute atomic E-state index is 13.0. The van der Waals surface area contributed by atoms with E-state index < -0.39 is 11.6 Å². The van der Waals surface area contributed by atoms with E-state index in [9.17, 15) is 8.78 Å². The highest BCUT2D eigenvalue weighted by atomic mass is 19.2. The number of halogens is 2. The van der Waals surface area contributed by atoms with E-state index in [2.05, 4.69) is 15.2 Å². The second-order valence-electron chi connectivity index (χ2n) is 3.83. The van der Waals surface area contributed by atoms with Crippen molar-refractivity contribution in [1.82, 2.24) is 15.2 Å². The lowest BCUT2D eigenvalue weighted by molar-refractivity contribution is 0.509. The van der Waals surface area contributed by atoms with Gasteiger partial charge in [0.1, 0.15) is 5.82 Å². The molecular formula is C11H11F2N3. The minimum atomic E-state index is -0.895. The summed E-state index contributed by atoms with van der Waals surface area (Å²) in [5.41, 5.74) is 0.460. The Morgan fingerprint density at radius 3 is 2.50 bits per heavy atom. The fraction of sp³-hybridized carbons (Fsp3) is 0.273. The van der Waals surface area contributed by atoms with Crippen molar-refractivity contribution in [3.05, 3.63) is 35.7 Å². The molecule has 2 aromatic rings. The van der Waals surface area contributed by atoms with Crippen molar-refractivity contribution in [1.29, 1.82) is 0 Å². The molecule has 0 aliphatic rings. The van der Waals surface area contributed by atoms with E-state index in [1.165, 1.54) is 6.07 Å². The number of benzene rings is 1. The van der Waals surface area contributed by atoms with E-state index in [1.807, 2.05) is 13.8 Å². The summed E-state index contributed by atoms with van der Waals surface area (Å²) < 4.78 is 25.7. The Labute approximate surface area is 91.5 Å². The van der Waals surface area contributed by atoms with Gasteiger partial charge in [-0.15, -0.1) is 0 Å². The van der Waals surface area contributed by atoms with Crippen LogP contribution in [0.15, 0.2) is 18.2 Å². The number of aromatic amines is 1. The van der Waals surface area contributed by atoms with Gasteiger partial charge in [-0.3, -0.25) is 5.10 Å². The molecule has 0 saturated heterocycles. The largest absolute Gasteiger partial charge is 0.262 e. The van der Waals surface area contributed by atoms with Gasteiger partial charge in [0, 0.05) is 11.5 Å². The maximum atomic E-state index is 13.0. The minimum Gasteiger partial charge on any atom is -0.262 e. The molecule has 0 fully saturated rings. The summed E-state index contributed by atoms with van der Waals surface area (Å²) in [4.78, 5) is 4.19. The van der Waals surface area contributed by atoms with Gasteiger partial charge >= 0.3 is 0 Å². The van der Waals surface area contributed by atoms with E-state index in [1.54, 1.807) is 0 Å². The molecule has 1 N–H and O–H groups in total. The zero-order valence-electron chi connectivity index (χ0n) is 8.96. The molecule has 84 valence electrons. The molecule has 0 radical (unpaired) electrons. The lowest BCUT2D eigenvalue weighted by atomic mass is 10.2. The molecule has 1 heterocycles. The Morgan fingerprint density at radius 2 is 1.94 bits per heavy atom. The van der Waals surface area contributed by atoms with Gasteiger partial charge in [0.25, 0.3) is 0 Å². The van der Waals surface area contributed by atoms with E-state index in [4.69, 9.17) is 0 Å². The normalized spacial score (nSPS) is 11.1. The van der Waals surface area contributed by atoms with Crippen LogP contribution >= 0.6 is 0 Å². The monoisotopic (exact) mass is 223 g/mol. The highest BCUT2D eigenvalue weighted by Crippen LogP contribution is 2.19. The van der Waals surface area contributed by atoms with Crippen molar-refractivity contribution in [2.45, 2.75) is 19.8 Å². The summed E-state index contributed by atoms with van der Waals surface area (Å²) in [7, 11) is 0. The van der Waals surface area contributed by atoms with Crippen LogP contribution < -0.4 is 0 Å². The number of aromatic nitrogens is 3. The van der Waals surface area contributed by atoms with Crippen LogP contribution in [0.1, 0.15) is 25.6 Å². The predicted molar refractivity (Wildman–Crippen MR) is 55.8 cm³/mol. The number of hydrogen-bond donors (Lipinski definition) is 1. The molecule has 0 aliphatic heterocycles. The van der Waals surface area contributed by atoms with Crippen LogP contribution in [0.3, 0.4) is 0 Å². The van der Waals surface area contributed by atoms with Gasteiger partial charge in [0.15, 0.2) is 17.5 Å². The third-order valence-electron chi connectivity index (χ3n) is 2.23. The molecule has 1 aromatic heterocycles.